The fourth-order valence-corrected chi connectivity index (χ4v) is 4.01. The van der Waals surface area contributed by atoms with Gasteiger partial charge in [-0.2, -0.15) is 0 Å². The molecule has 0 radical (unpaired) electrons. The van der Waals surface area contributed by atoms with Gasteiger partial charge in [0.2, 0.25) is 0 Å². The third-order valence-electron chi connectivity index (χ3n) is 4.22. The average molecular weight is 354 g/mol. The molecule has 6 heteroatoms. The third kappa shape index (κ3) is 4.78. The summed E-state index contributed by atoms with van der Waals surface area (Å²) in [5, 5.41) is 7.65. The predicted molar refractivity (Wildman–Crippen MR) is 97.6 cm³/mol. The highest BCUT2D eigenvalue weighted by atomic mass is 35.5. The second-order valence-electron chi connectivity index (χ2n) is 5.92. The van der Waals surface area contributed by atoms with E-state index in [1.807, 2.05) is 24.3 Å². The Bertz CT molecular complexity index is 537. The van der Waals surface area contributed by atoms with Gasteiger partial charge in [0.05, 0.1) is 24.8 Å². The summed E-state index contributed by atoms with van der Waals surface area (Å²) in [6.07, 6.45) is 4.32. The molecule has 1 aromatic rings. The van der Waals surface area contributed by atoms with Crippen molar-refractivity contribution in [2.75, 3.05) is 18.8 Å². The minimum atomic E-state index is 0.368. The molecule has 3 atom stereocenters. The third-order valence-corrected chi connectivity index (χ3v) is 5.46. The Labute approximate surface area is 147 Å². The standard InChI is InChI=1S/C17H24ClN3OS/c1-2-19-17(21-15-11-13-5-8-16(15)22-13)20-9-10-23-14-6-3-12(18)4-7-14/h3-4,6-7,13,15-16H,2,5,8-11H2,1H3,(H2,19,20,21). The van der Waals surface area contributed by atoms with Crippen molar-refractivity contribution in [3.8, 4) is 0 Å². The highest BCUT2D eigenvalue weighted by Crippen LogP contribution is 2.34. The summed E-state index contributed by atoms with van der Waals surface area (Å²) in [6, 6.07) is 8.36. The van der Waals surface area contributed by atoms with Crippen molar-refractivity contribution in [1.29, 1.82) is 0 Å². The Morgan fingerprint density at radius 1 is 1.35 bits per heavy atom. The summed E-state index contributed by atoms with van der Waals surface area (Å²) >= 11 is 7.70. The molecule has 3 rings (SSSR count). The second-order valence-corrected chi connectivity index (χ2v) is 7.53. The molecule has 2 N–H and O–H groups in total. The van der Waals surface area contributed by atoms with Crippen LogP contribution in [0, 0.1) is 0 Å². The fraction of sp³-hybridized carbons (Fsp3) is 0.588. The van der Waals surface area contributed by atoms with E-state index < -0.39 is 0 Å². The minimum absolute atomic E-state index is 0.368. The molecule has 0 aromatic heterocycles. The lowest BCUT2D eigenvalue weighted by molar-refractivity contribution is 0.0992. The highest BCUT2D eigenvalue weighted by Gasteiger charge is 2.41. The highest BCUT2D eigenvalue weighted by molar-refractivity contribution is 7.99. The van der Waals surface area contributed by atoms with Gasteiger partial charge in [0.1, 0.15) is 0 Å². The van der Waals surface area contributed by atoms with E-state index in [9.17, 15) is 0 Å². The van der Waals surface area contributed by atoms with Crippen LogP contribution >= 0.6 is 23.4 Å². The first-order valence-electron chi connectivity index (χ1n) is 8.33. The minimum Gasteiger partial charge on any atom is -0.373 e. The lowest BCUT2D eigenvalue weighted by atomic mass is 9.96. The largest absolute Gasteiger partial charge is 0.373 e. The van der Waals surface area contributed by atoms with Gasteiger partial charge in [0.25, 0.3) is 0 Å². The molecule has 23 heavy (non-hydrogen) atoms. The molecule has 126 valence electrons. The van der Waals surface area contributed by atoms with E-state index in [-0.39, 0.29) is 0 Å². The van der Waals surface area contributed by atoms with E-state index in [0.29, 0.717) is 18.2 Å². The van der Waals surface area contributed by atoms with Crippen LogP contribution in [0.1, 0.15) is 26.2 Å². The van der Waals surface area contributed by atoms with Crippen molar-refractivity contribution < 1.29 is 4.74 Å². The van der Waals surface area contributed by atoms with Crippen LogP contribution < -0.4 is 10.6 Å². The van der Waals surface area contributed by atoms with Crippen LogP contribution in [0.5, 0.6) is 0 Å². The maximum absolute atomic E-state index is 5.90. The van der Waals surface area contributed by atoms with E-state index in [2.05, 4.69) is 22.5 Å². The normalized spacial score (nSPS) is 26.5. The maximum Gasteiger partial charge on any atom is 0.191 e. The van der Waals surface area contributed by atoms with E-state index >= 15 is 0 Å². The van der Waals surface area contributed by atoms with Gasteiger partial charge < -0.3 is 15.4 Å². The number of fused-ring (bicyclic) bond motifs is 2. The number of thioether (sulfide) groups is 1. The molecule has 0 aliphatic carbocycles. The van der Waals surface area contributed by atoms with E-state index in [1.54, 1.807) is 11.8 Å². The van der Waals surface area contributed by atoms with Crippen LogP contribution in [0.15, 0.2) is 34.2 Å². The molecular weight excluding hydrogens is 330 g/mol. The molecule has 2 saturated heterocycles. The van der Waals surface area contributed by atoms with Crippen LogP contribution in [-0.4, -0.2) is 43.1 Å². The summed E-state index contributed by atoms with van der Waals surface area (Å²) in [4.78, 5) is 5.91. The summed E-state index contributed by atoms with van der Waals surface area (Å²) in [7, 11) is 0. The SMILES string of the molecule is CCNC(=NCCSc1ccc(Cl)cc1)NC1CC2CCC1O2. The van der Waals surface area contributed by atoms with Gasteiger partial charge in [-0.1, -0.05) is 11.6 Å². The molecule has 2 bridgehead atoms. The van der Waals surface area contributed by atoms with Crippen LogP contribution in [0.25, 0.3) is 0 Å². The number of nitrogens with zero attached hydrogens (tertiary/aromatic N) is 1. The van der Waals surface area contributed by atoms with E-state index in [1.165, 1.54) is 17.7 Å². The summed E-state index contributed by atoms with van der Waals surface area (Å²) in [5.41, 5.74) is 0. The summed E-state index contributed by atoms with van der Waals surface area (Å²) < 4.78 is 5.90. The molecular formula is C17H24ClN3OS. The Morgan fingerprint density at radius 2 is 2.17 bits per heavy atom. The average Bonchev–Trinajstić information content (AvgIpc) is 3.16. The summed E-state index contributed by atoms with van der Waals surface area (Å²) in [6.45, 7) is 3.75. The molecule has 4 nitrogen and oxygen atoms in total. The Balaban J connectivity index is 1.45. The fourth-order valence-electron chi connectivity index (χ4n) is 3.14. The van der Waals surface area contributed by atoms with Gasteiger partial charge in [-0.25, -0.2) is 0 Å². The Kier molecular flexibility index (Phi) is 6.08. The van der Waals surface area contributed by atoms with Crippen LogP contribution in [0.4, 0.5) is 0 Å². The quantitative estimate of drug-likeness (QED) is 0.356. The number of nitrogens with one attached hydrogen (secondary N) is 2. The number of rotatable bonds is 6. The van der Waals surface area contributed by atoms with E-state index in [0.717, 1.165) is 36.2 Å². The molecule has 2 aliphatic rings. The molecule has 2 heterocycles. The topological polar surface area (TPSA) is 45.7 Å². The number of hydrogen-bond acceptors (Lipinski definition) is 3. The lowest BCUT2D eigenvalue weighted by Crippen LogP contribution is -2.47. The Morgan fingerprint density at radius 3 is 2.83 bits per heavy atom. The van der Waals surface area contributed by atoms with Gasteiger partial charge >= 0.3 is 0 Å². The number of hydrogen-bond donors (Lipinski definition) is 2. The zero-order chi connectivity index (χ0) is 16.1. The van der Waals surface area contributed by atoms with Crippen molar-refractivity contribution in [2.45, 2.75) is 49.3 Å². The number of guanidine groups is 1. The van der Waals surface area contributed by atoms with Gasteiger partial charge in [-0.3, -0.25) is 4.99 Å². The van der Waals surface area contributed by atoms with Gasteiger partial charge in [0.15, 0.2) is 5.96 Å². The molecule has 3 unspecified atom stereocenters. The van der Waals surface area contributed by atoms with Gasteiger partial charge in [0, 0.05) is 22.2 Å². The molecule has 0 saturated carbocycles. The van der Waals surface area contributed by atoms with Crippen molar-refractivity contribution in [3.63, 3.8) is 0 Å². The molecule has 0 amide bonds. The van der Waals surface area contributed by atoms with Crippen molar-refractivity contribution >= 4 is 29.3 Å². The van der Waals surface area contributed by atoms with Gasteiger partial charge in [-0.15, -0.1) is 11.8 Å². The monoisotopic (exact) mass is 353 g/mol. The summed E-state index contributed by atoms with van der Waals surface area (Å²) in [5.74, 6) is 1.86. The van der Waals surface area contributed by atoms with E-state index in [4.69, 9.17) is 16.3 Å². The zero-order valence-electron chi connectivity index (χ0n) is 13.4. The number of aliphatic imine (C=N–C) groups is 1. The lowest BCUT2D eigenvalue weighted by Gasteiger charge is -2.22. The first kappa shape index (κ1) is 16.9. The molecule has 2 aliphatic heterocycles. The number of halogens is 1. The molecule has 0 spiro atoms. The van der Waals surface area contributed by atoms with Crippen molar-refractivity contribution in [1.82, 2.24) is 10.6 Å². The van der Waals surface area contributed by atoms with Crippen molar-refractivity contribution in [2.24, 2.45) is 4.99 Å². The van der Waals surface area contributed by atoms with Gasteiger partial charge in [-0.05, 0) is 50.5 Å². The smallest absolute Gasteiger partial charge is 0.191 e. The Hall–Kier alpha value is -0.910. The van der Waals surface area contributed by atoms with Crippen molar-refractivity contribution in [3.05, 3.63) is 29.3 Å². The first-order chi connectivity index (χ1) is 11.2. The molecule has 1 aromatic carbocycles. The first-order valence-corrected chi connectivity index (χ1v) is 9.69. The second kappa shape index (κ2) is 8.27. The predicted octanol–water partition coefficient (Wildman–Crippen LogP) is 3.31. The number of ether oxygens (including phenoxy) is 1. The zero-order valence-corrected chi connectivity index (χ0v) is 15.0. The number of benzene rings is 1. The van der Waals surface area contributed by atoms with Crippen LogP contribution in [0.3, 0.4) is 0 Å². The molecule has 2 fully saturated rings. The van der Waals surface area contributed by atoms with Crippen LogP contribution in [0.2, 0.25) is 5.02 Å². The maximum atomic E-state index is 5.90. The van der Waals surface area contributed by atoms with Crippen LogP contribution in [-0.2, 0) is 4.74 Å².